The van der Waals surface area contributed by atoms with Gasteiger partial charge in [-0.05, 0) is 43.8 Å². The fraction of sp³-hybridized carbons (Fsp3) is 0.125. The quantitative estimate of drug-likeness (QED) is 0.413. The van der Waals surface area contributed by atoms with Crippen molar-refractivity contribution in [1.82, 2.24) is 14.0 Å². The Balaban J connectivity index is 1.85. The summed E-state index contributed by atoms with van der Waals surface area (Å²) in [5.41, 5.74) is 11.4. The Morgan fingerprint density at radius 1 is 0.750 bits per heavy atom. The highest BCUT2D eigenvalue weighted by Gasteiger charge is 2.34. The van der Waals surface area contributed by atoms with E-state index in [4.69, 9.17) is 4.98 Å². The summed E-state index contributed by atoms with van der Waals surface area (Å²) in [6.07, 6.45) is 0. The molecule has 1 aliphatic rings. The lowest BCUT2D eigenvalue weighted by Gasteiger charge is -2.26. The van der Waals surface area contributed by atoms with Gasteiger partial charge in [0.05, 0.1) is 16.7 Å². The molecule has 0 atom stereocenters. The van der Waals surface area contributed by atoms with E-state index in [2.05, 4.69) is 96.5 Å². The van der Waals surface area contributed by atoms with Crippen molar-refractivity contribution >= 4 is 39.9 Å². The molecule has 4 heteroatoms. The molecular formula is C24H20BN3. The Morgan fingerprint density at radius 3 is 2.29 bits per heavy atom. The van der Waals surface area contributed by atoms with Crippen molar-refractivity contribution in [2.75, 3.05) is 0 Å². The van der Waals surface area contributed by atoms with Crippen LogP contribution in [0.5, 0.6) is 0 Å². The fourth-order valence-electron chi connectivity index (χ4n) is 4.91. The van der Waals surface area contributed by atoms with E-state index in [9.17, 15) is 0 Å². The van der Waals surface area contributed by atoms with Gasteiger partial charge in [-0.25, -0.2) is 4.98 Å². The average molecular weight is 361 g/mol. The van der Waals surface area contributed by atoms with E-state index < -0.39 is 0 Å². The molecular weight excluding hydrogens is 341 g/mol. The minimum atomic E-state index is 0.231. The van der Waals surface area contributed by atoms with E-state index in [0.29, 0.717) is 0 Å². The molecule has 0 radical (unpaired) electrons. The molecule has 3 nitrogen and oxygen atoms in total. The number of fused-ring (bicyclic) bond motifs is 5. The number of hydrogen-bond donors (Lipinski definition) is 0. The predicted molar refractivity (Wildman–Crippen MR) is 117 cm³/mol. The highest BCUT2D eigenvalue weighted by Crippen LogP contribution is 2.28. The summed E-state index contributed by atoms with van der Waals surface area (Å²) < 4.78 is 4.67. The maximum atomic E-state index is 4.94. The summed E-state index contributed by atoms with van der Waals surface area (Å²) in [5, 5.41) is 0. The molecule has 0 aliphatic carbocycles. The SMILES string of the molecule is Cc1ccccc1B1c2ccccc2-n2c3c1cccc3n1c(C)c(C)nc21. The number of rotatable bonds is 1. The van der Waals surface area contributed by atoms with Crippen LogP contribution in [-0.4, -0.2) is 20.7 Å². The summed E-state index contributed by atoms with van der Waals surface area (Å²) in [4.78, 5) is 4.94. The van der Waals surface area contributed by atoms with Gasteiger partial charge < -0.3 is 0 Å². The topological polar surface area (TPSA) is 22.2 Å². The van der Waals surface area contributed by atoms with Crippen molar-refractivity contribution in [3.8, 4) is 5.69 Å². The molecule has 0 fully saturated rings. The average Bonchev–Trinajstić information content (AvgIpc) is 3.19. The molecule has 6 rings (SSSR count). The van der Waals surface area contributed by atoms with Crippen LogP contribution >= 0.6 is 0 Å². The summed E-state index contributed by atoms with van der Waals surface area (Å²) in [6, 6.07) is 24.2. The standard InChI is InChI=1S/C24H20BN3/c1-15-9-4-5-10-18(15)25-19-11-6-7-13-21(19)28-23-20(25)12-8-14-22(23)27-17(3)16(2)26-24(27)28/h4-14H,1-3H3. The van der Waals surface area contributed by atoms with Crippen molar-refractivity contribution in [3.63, 3.8) is 0 Å². The molecule has 0 amide bonds. The first-order valence-corrected chi connectivity index (χ1v) is 9.80. The van der Waals surface area contributed by atoms with Crippen LogP contribution in [0.1, 0.15) is 17.0 Å². The van der Waals surface area contributed by atoms with Crippen molar-refractivity contribution < 1.29 is 0 Å². The van der Waals surface area contributed by atoms with Crippen LogP contribution in [0.15, 0.2) is 66.7 Å². The van der Waals surface area contributed by atoms with Crippen molar-refractivity contribution in [2.24, 2.45) is 0 Å². The van der Waals surface area contributed by atoms with Crippen LogP contribution in [0.4, 0.5) is 0 Å². The van der Waals surface area contributed by atoms with E-state index in [1.807, 2.05) is 0 Å². The Morgan fingerprint density at radius 2 is 1.46 bits per heavy atom. The van der Waals surface area contributed by atoms with Crippen LogP contribution < -0.4 is 16.4 Å². The first-order valence-electron chi connectivity index (χ1n) is 9.80. The highest BCUT2D eigenvalue weighted by molar-refractivity contribution is 6.98. The smallest absolute Gasteiger partial charge is 0.247 e. The van der Waals surface area contributed by atoms with E-state index in [-0.39, 0.29) is 6.71 Å². The Labute approximate surface area is 164 Å². The third-order valence-electron chi connectivity index (χ3n) is 6.34. The van der Waals surface area contributed by atoms with Crippen molar-refractivity contribution in [2.45, 2.75) is 20.8 Å². The molecule has 0 saturated carbocycles. The van der Waals surface area contributed by atoms with Gasteiger partial charge in [0.2, 0.25) is 12.5 Å². The van der Waals surface area contributed by atoms with Gasteiger partial charge in [0.25, 0.3) is 0 Å². The zero-order valence-corrected chi connectivity index (χ0v) is 16.3. The van der Waals surface area contributed by atoms with E-state index in [1.54, 1.807) is 0 Å². The number of imidazole rings is 2. The Bertz CT molecular complexity index is 1410. The third-order valence-corrected chi connectivity index (χ3v) is 6.34. The molecule has 0 saturated heterocycles. The van der Waals surface area contributed by atoms with Crippen molar-refractivity contribution in [1.29, 1.82) is 0 Å². The van der Waals surface area contributed by atoms with Crippen LogP contribution in [0.3, 0.4) is 0 Å². The van der Waals surface area contributed by atoms with Gasteiger partial charge in [-0.2, -0.15) is 0 Å². The van der Waals surface area contributed by atoms with Gasteiger partial charge in [0.15, 0.2) is 0 Å². The molecule has 5 aromatic rings. The minimum Gasteiger partial charge on any atom is -0.280 e. The predicted octanol–water partition coefficient (Wildman–Crippen LogP) is 3.03. The lowest BCUT2D eigenvalue weighted by atomic mass is 9.35. The molecule has 28 heavy (non-hydrogen) atoms. The highest BCUT2D eigenvalue weighted by atomic mass is 15.2. The number of benzene rings is 3. The lowest BCUT2D eigenvalue weighted by Crippen LogP contribution is -2.56. The first kappa shape index (κ1) is 15.8. The molecule has 134 valence electrons. The number of nitrogens with zero attached hydrogens (tertiary/aromatic N) is 3. The molecule has 3 heterocycles. The second-order valence-electron chi connectivity index (χ2n) is 7.82. The molecule has 2 aromatic heterocycles. The zero-order valence-electron chi connectivity index (χ0n) is 16.3. The van der Waals surface area contributed by atoms with E-state index in [0.717, 1.165) is 11.5 Å². The van der Waals surface area contributed by atoms with Gasteiger partial charge in [0.1, 0.15) is 0 Å². The second-order valence-corrected chi connectivity index (χ2v) is 7.82. The maximum absolute atomic E-state index is 4.94. The molecule has 0 bridgehead atoms. The second kappa shape index (κ2) is 5.38. The summed E-state index contributed by atoms with van der Waals surface area (Å²) >= 11 is 0. The summed E-state index contributed by atoms with van der Waals surface area (Å²) in [7, 11) is 0. The molecule has 3 aromatic carbocycles. The third kappa shape index (κ3) is 1.82. The van der Waals surface area contributed by atoms with Crippen LogP contribution in [0.2, 0.25) is 0 Å². The lowest BCUT2D eigenvalue weighted by molar-refractivity contribution is 1.09. The normalized spacial score (nSPS) is 12.8. The monoisotopic (exact) mass is 361 g/mol. The largest absolute Gasteiger partial charge is 0.280 e. The maximum Gasteiger partial charge on any atom is 0.247 e. The van der Waals surface area contributed by atoms with Gasteiger partial charge in [-0.15, -0.1) is 0 Å². The fourth-order valence-corrected chi connectivity index (χ4v) is 4.91. The van der Waals surface area contributed by atoms with Gasteiger partial charge in [-0.1, -0.05) is 65.6 Å². The zero-order chi connectivity index (χ0) is 19.0. The molecule has 0 spiro atoms. The minimum absolute atomic E-state index is 0.231. The molecule has 0 unspecified atom stereocenters. The molecule has 1 aliphatic heterocycles. The van der Waals surface area contributed by atoms with Gasteiger partial charge in [0, 0.05) is 11.4 Å². The number of hydrogen-bond acceptors (Lipinski definition) is 1. The first-order chi connectivity index (χ1) is 13.7. The number of aryl methyl sites for hydroxylation is 3. The molecule has 0 N–H and O–H groups in total. The van der Waals surface area contributed by atoms with E-state index >= 15 is 0 Å². The Kier molecular flexibility index (Phi) is 3.03. The van der Waals surface area contributed by atoms with E-state index in [1.165, 1.54) is 44.4 Å². The van der Waals surface area contributed by atoms with Crippen LogP contribution in [-0.2, 0) is 0 Å². The van der Waals surface area contributed by atoms with Crippen molar-refractivity contribution in [3.05, 3.63) is 83.7 Å². The summed E-state index contributed by atoms with van der Waals surface area (Å²) in [5.74, 6) is 1.01. The summed E-state index contributed by atoms with van der Waals surface area (Å²) in [6.45, 7) is 6.70. The number of aromatic nitrogens is 3. The van der Waals surface area contributed by atoms with Crippen LogP contribution in [0, 0.1) is 20.8 Å². The van der Waals surface area contributed by atoms with Gasteiger partial charge >= 0.3 is 0 Å². The van der Waals surface area contributed by atoms with Crippen LogP contribution in [0.25, 0.3) is 22.5 Å². The number of para-hydroxylation sites is 2. The Hall–Kier alpha value is -3.27. The van der Waals surface area contributed by atoms with Gasteiger partial charge in [-0.3, -0.25) is 8.97 Å².